The first-order valence-electron chi connectivity index (χ1n) is 4.67. The third-order valence-electron chi connectivity index (χ3n) is 2.25. The summed E-state index contributed by atoms with van der Waals surface area (Å²) in [6.45, 7) is 0.257. The molecule has 0 saturated heterocycles. The second-order valence-electron chi connectivity index (χ2n) is 3.64. The minimum atomic E-state index is -4.28. The van der Waals surface area contributed by atoms with Crippen LogP contribution in [0.4, 0.5) is 19.0 Å². The fourth-order valence-corrected chi connectivity index (χ4v) is 1.70. The molecule has 0 atom stereocenters. The van der Waals surface area contributed by atoms with E-state index in [0.29, 0.717) is 11.3 Å². The van der Waals surface area contributed by atoms with Crippen molar-refractivity contribution in [2.24, 2.45) is 7.05 Å². The van der Waals surface area contributed by atoms with Crippen molar-refractivity contribution < 1.29 is 18.3 Å². The first-order valence-corrected chi connectivity index (χ1v) is 4.67. The highest BCUT2D eigenvalue weighted by molar-refractivity contribution is 5.49. The van der Waals surface area contributed by atoms with Crippen LogP contribution < -0.4 is 4.90 Å². The summed E-state index contributed by atoms with van der Waals surface area (Å²) in [5.41, 5.74) is 0.961. The maximum atomic E-state index is 12.2. The van der Waals surface area contributed by atoms with Gasteiger partial charge in [-0.25, -0.2) is 0 Å². The number of rotatable bonds is 3. The van der Waals surface area contributed by atoms with Gasteiger partial charge >= 0.3 is 6.18 Å². The Hall–Kier alpha value is -1.24. The molecule has 0 aromatic carbocycles. The van der Waals surface area contributed by atoms with Crippen molar-refractivity contribution in [2.45, 2.75) is 19.7 Å². The van der Waals surface area contributed by atoms with Gasteiger partial charge in [-0.2, -0.15) is 18.3 Å². The molecule has 0 aliphatic carbocycles. The minimum absolute atomic E-state index is 0.289. The van der Waals surface area contributed by atoms with Gasteiger partial charge in [-0.15, -0.1) is 0 Å². The molecular weight excluding hydrogens is 223 g/mol. The molecule has 0 fully saturated rings. The molecule has 1 N–H and O–H groups in total. The number of aliphatic hydroxyl groups excluding tert-OH is 1. The van der Waals surface area contributed by atoms with Crippen LogP contribution >= 0.6 is 0 Å². The van der Waals surface area contributed by atoms with Crippen molar-refractivity contribution in [1.82, 2.24) is 9.78 Å². The number of halogens is 3. The Labute approximate surface area is 91.3 Å². The molecule has 0 radical (unpaired) electrons. The van der Waals surface area contributed by atoms with Crippen molar-refractivity contribution in [3.63, 3.8) is 0 Å². The van der Waals surface area contributed by atoms with E-state index in [1.165, 1.54) is 11.7 Å². The van der Waals surface area contributed by atoms with Crippen molar-refractivity contribution >= 4 is 5.82 Å². The van der Waals surface area contributed by atoms with Crippen LogP contribution in [-0.2, 0) is 13.7 Å². The second kappa shape index (κ2) is 4.32. The number of hydrogen-bond donors (Lipinski definition) is 1. The maximum absolute atomic E-state index is 12.2. The van der Waals surface area contributed by atoms with E-state index in [-0.39, 0.29) is 12.4 Å². The monoisotopic (exact) mass is 237 g/mol. The lowest BCUT2D eigenvalue weighted by atomic mass is 10.2. The summed E-state index contributed by atoms with van der Waals surface area (Å²) in [6, 6.07) is 0. The molecule has 1 rings (SSSR count). The van der Waals surface area contributed by atoms with E-state index in [0.717, 1.165) is 4.90 Å². The summed E-state index contributed by atoms with van der Waals surface area (Å²) in [5, 5.41) is 13.1. The largest absolute Gasteiger partial charge is 0.405 e. The molecule has 1 aromatic heterocycles. The van der Waals surface area contributed by atoms with Gasteiger partial charge in [0.2, 0.25) is 0 Å². The highest BCUT2D eigenvalue weighted by Gasteiger charge is 2.31. The lowest BCUT2D eigenvalue weighted by Crippen LogP contribution is -2.32. The zero-order valence-electron chi connectivity index (χ0n) is 9.34. The molecule has 1 heterocycles. The van der Waals surface area contributed by atoms with Crippen molar-refractivity contribution in [3.05, 3.63) is 11.3 Å². The molecule has 4 nitrogen and oxygen atoms in total. The maximum Gasteiger partial charge on any atom is 0.405 e. The van der Waals surface area contributed by atoms with Crippen LogP contribution in [-0.4, -0.2) is 34.7 Å². The summed E-state index contributed by atoms with van der Waals surface area (Å²) in [6.07, 6.45) is -4.28. The van der Waals surface area contributed by atoms with Crippen LogP contribution in [0.25, 0.3) is 0 Å². The Balaban J connectivity index is 3.03. The number of alkyl halides is 3. The zero-order chi connectivity index (χ0) is 12.5. The average molecular weight is 237 g/mol. The van der Waals surface area contributed by atoms with Gasteiger partial charge in [0.05, 0.1) is 12.3 Å². The SMILES string of the molecule is Cc1nn(C)c(N(C)CC(F)(F)F)c1CO. The molecule has 7 heteroatoms. The molecule has 92 valence electrons. The van der Waals surface area contributed by atoms with Crippen LogP contribution in [0.1, 0.15) is 11.3 Å². The van der Waals surface area contributed by atoms with Crippen molar-refractivity contribution in [1.29, 1.82) is 0 Å². The van der Waals surface area contributed by atoms with Crippen LogP contribution in [0.3, 0.4) is 0 Å². The smallest absolute Gasteiger partial charge is 0.391 e. The Morgan fingerprint density at radius 3 is 2.44 bits per heavy atom. The van der Waals surface area contributed by atoms with Crippen molar-refractivity contribution in [2.75, 3.05) is 18.5 Å². The molecular formula is C9H14F3N3O. The molecule has 0 saturated carbocycles. The average Bonchev–Trinajstić information content (AvgIpc) is 2.37. The fourth-order valence-electron chi connectivity index (χ4n) is 1.70. The van der Waals surface area contributed by atoms with E-state index in [1.54, 1.807) is 14.0 Å². The predicted molar refractivity (Wildman–Crippen MR) is 53.2 cm³/mol. The summed E-state index contributed by atoms with van der Waals surface area (Å²) < 4.78 is 38.0. The molecule has 0 bridgehead atoms. The number of aryl methyl sites for hydroxylation is 2. The van der Waals surface area contributed by atoms with Gasteiger partial charge in [0.15, 0.2) is 0 Å². The predicted octanol–water partition coefficient (Wildman–Crippen LogP) is 1.22. The van der Waals surface area contributed by atoms with Crippen LogP contribution in [0.2, 0.25) is 0 Å². The van der Waals surface area contributed by atoms with Crippen molar-refractivity contribution in [3.8, 4) is 0 Å². The molecule has 0 amide bonds. The molecule has 0 spiro atoms. The molecule has 0 aliphatic heterocycles. The van der Waals surface area contributed by atoms with E-state index in [9.17, 15) is 13.2 Å². The topological polar surface area (TPSA) is 41.3 Å². The lowest BCUT2D eigenvalue weighted by Gasteiger charge is -2.21. The summed E-state index contributed by atoms with van der Waals surface area (Å²) >= 11 is 0. The van der Waals surface area contributed by atoms with E-state index in [4.69, 9.17) is 5.11 Å². The Bertz CT molecular complexity index is 373. The zero-order valence-corrected chi connectivity index (χ0v) is 9.34. The number of anilines is 1. The third-order valence-corrected chi connectivity index (χ3v) is 2.25. The van der Waals surface area contributed by atoms with Crippen LogP contribution in [0.15, 0.2) is 0 Å². The van der Waals surface area contributed by atoms with Gasteiger partial charge in [-0.05, 0) is 6.92 Å². The van der Waals surface area contributed by atoms with E-state index < -0.39 is 12.7 Å². The number of aliphatic hydroxyl groups is 1. The lowest BCUT2D eigenvalue weighted by molar-refractivity contribution is -0.119. The molecule has 16 heavy (non-hydrogen) atoms. The first-order chi connectivity index (χ1) is 7.26. The number of hydrogen-bond acceptors (Lipinski definition) is 3. The van der Waals surface area contributed by atoms with Gasteiger partial charge in [0, 0.05) is 19.7 Å². The third kappa shape index (κ3) is 2.66. The highest BCUT2D eigenvalue weighted by atomic mass is 19.4. The van der Waals surface area contributed by atoms with Gasteiger partial charge in [0.1, 0.15) is 12.4 Å². The van der Waals surface area contributed by atoms with Gasteiger partial charge in [0.25, 0.3) is 0 Å². The molecule has 0 aliphatic rings. The van der Waals surface area contributed by atoms with E-state index in [2.05, 4.69) is 5.10 Å². The Kier molecular flexibility index (Phi) is 3.47. The van der Waals surface area contributed by atoms with E-state index in [1.807, 2.05) is 0 Å². The highest BCUT2D eigenvalue weighted by Crippen LogP contribution is 2.25. The standard InChI is InChI=1S/C9H14F3N3O/c1-6-7(4-16)8(15(3)13-6)14(2)5-9(10,11)12/h16H,4-5H2,1-3H3. The van der Waals surface area contributed by atoms with Crippen LogP contribution in [0.5, 0.6) is 0 Å². The molecule has 1 aromatic rings. The summed E-state index contributed by atoms with van der Waals surface area (Å²) in [5.74, 6) is 0.289. The second-order valence-corrected chi connectivity index (χ2v) is 3.64. The number of nitrogens with zero attached hydrogens (tertiary/aromatic N) is 3. The van der Waals surface area contributed by atoms with Gasteiger partial charge in [-0.1, -0.05) is 0 Å². The fraction of sp³-hybridized carbons (Fsp3) is 0.667. The van der Waals surface area contributed by atoms with Gasteiger partial charge in [-0.3, -0.25) is 4.68 Å². The summed E-state index contributed by atoms with van der Waals surface area (Å²) in [7, 11) is 2.87. The van der Waals surface area contributed by atoms with Crippen LogP contribution in [0, 0.1) is 6.92 Å². The molecule has 0 unspecified atom stereocenters. The first kappa shape index (κ1) is 12.8. The Morgan fingerprint density at radius 2 is 2.00 bits per heavy atom. The minimum Gasteiger partial charge on any atom is -0.391 e. The summed E-state index contributed by atoms with van der Waals surface area (Å²) in [4.78, 5) is 1.03. The van der Waals surface area contributed by atoms with Gasteiger partial charge < -0.3 is 10.0 Å². The number of aromatic nitrogens is 2. The van der Waals surface area contributed by atoms with E-state index >= 15 is 0 Å². The quantitative estimate of drug-likeness (QED) is 0.859. The Morgan fingerprint density at radius 1 is 1.44 bits per heavy atom. The normalized spacial score (nSPS) is 11.9.